The first-order valence-electron chi connectivity index (χ1n) is 15.3. The number of aryl methyl sites for hydroxylation is 1. The van der Waals surface area contributed by atoms with Crippen LogP contribution >= 0.6 is 11.8 Å². The summed E-state index contributed by atoms with van der Waals surface area (Å²) in [7, 11) is 1.29. The van der Waals surface area contributed by atoms with Crippen molar-refractivity contribution in [2.45, 2.75) is 103 Å². The third kappa shape index (κ3) is 9.14. The molecule has 1 aromatic carbocycles. The van der Waals surface area contributed by atoms with Crippen LogP contribution in [-0.4, -0.2) is 83.0 Å². The van der Waals surface area contributed by atoms with E-state index < -0.39 is 35.9 Å². The van der Waals surface area contributed by atoms with Gasteiger partial charge < -0.3 is 30.6 Å². The number of fused-ring (bicyclic) bond motifs is 1. The van der Waals surface area contributed by atoms with Crippen molar-refractivity contribution in [1.82, 2.24) is 25.8 Å². The number of hydrogen-bond acceptors (Lipinski definition) is 6. The summed E-state index contributed by atoms with van der Waals surface area (Å²) >= 11 is 1.56. The molecular formula is C32H49N5O5S. The average molecular weight is 616 g/mol. The van der Waals surface area contributed by atoms with E-state index in [1.54, 1.807) is 11.8 Å². The van der Waals surface area contributed by atoms with Gasteiger partial charge in [-0.2, -0.15) is 11.8 Å². The lowest BCUT2D eigenvalue weighted by atomic mass is 9.97. The lowest BCUT2D eigenvalue weighted by molar-refractivity contribution is -0.145. The van der Waals surface area contributed by atoms with Gasteiger partial charge in [-0.25, -0.2) is 9.59 Å². The van der Waals surface area contributed by atoms with Gasteiger partial charge in [0, 0.05) is 35.1 Å². The molecule has 238 valence electrons. The van der Waals surface area contributed by atoms with Crippen LogP contribution in [0.3, 0.4) is 0 Å². The first kappa shape index (κ1) is 34.3. The Morgan fingerprint density at radius 3 is 2.26 bits per heavy atom. The van der Waals surface area contributed by atoms with E-state index in [0.29, 0.717) is 18.6 Å². The molecule has 0 aliphatic carbocycles. The Bertz CT molecular complexity index is 1250. The molecule has 0 saturated carbocycles. The number of aromatic amines is 1. The summed E-state index contributed by atoms with van der Waals surface area (Å²) in [6, 6.07) is 5.02. The van der Waals surface area contributed by atoms with E-state index in [9.17, 15) is 19.2 Å². The van der Waals surface area contributed by atoms with Gasteiger partial charge >= 0.3 is 12.0 Å². The summed E-state index contributed by atoms with van der Waals surface area (Å²) in [4.78, 5) is 58.8. The normalized spacial score (nSPS) is 19.0. The van der Waals surface area contributed by atoms with Crippen molar-refractivity contribution in [3.05, 3.63) is 35.5 Å². The Labute approximate surface area is 259 Å². The van der Waals surface area contributed by atoms with E-state index in [2.05, 4.69) is 20.9 Å². The van der Waals surface area contributed by atoms with Crippen LogP contribution in [0.25, 0.3) is 10.9 Å². The largest absolute Gasteiger partial charge is 0.467 e. The number of hydrogen-bond donors (Lipinski definition) is 4. The average Bonchev–Trinajstić information content (AvgIpc) is 3.28. The maximum Gasteiger partial charge on any atom is 0.328 e. The minimum Gasteiger partial charge on any atom is -0.467 e. The molecule has 11 heteroatoms. The fourth-order valence-electron chi connectivity index (χ4n) is 5.93. The van der Waals surface area contributed by atoms with Crippen LogP contribution in [-0.2, 0) is 25.5 Å². The first-order chi connectivity index (χ1) is 20.5. The summed E-state index contributed by atoms with van der Waals surface area (Å²) in [6.45, 7) is 9.98. The number of piperidine rings is 1. The SMILES string of the molecule is COC(=O)[C@@H](CCSC)NC(=O)[C@@H](Cc1c(C)[nH]c2ccccc12)NC(=O)[C@H](CC(C)C)NC(=O)N1[C@H](C)CCC[C@@H]1C. The number of rotatable bonds is 13. The highest BCUT2D eigenvalue weighted by Gasteiger charge is 2.34. The maximum atomic E-state index is 13.9. The Morgan fingerprint density at radius 1 is 1.00 bits per heavy atom. The number of amides is 4. The van der Waals surface area contributed by atoms with Gasteiger partial charge in [-0.1, -0.05) is 32.0 Å². The first-order valence-corrected chi connectivity index (χ1v) is 16.7. The molecule has 1 saturated heterocycles. The van der Waals surface area contributed by atoms with Crippen LogP contribution in [0.1, 0.15) is 71.1 Å². The molecule has 2 heterocycles. The number of H-pyrrole nitrogens is 1. The fourth-order valence-corrected chi connectivity index (χ4v) is 6.40. The van der Waals surface area contributed by atoms with Crippen molar-refractivity contribution < 1.29 is 23.9 Å². The third-order valence-electron chi connectivity index (χ3n) is 8.23. The minimum absolute atomic E-state index is 0.0754. The number of esters is 1. The topological polar surface area (TPSA) is 133 Å². The molecule has 43 heavy (non-hydrogen) atoms. The zero-order chi connectivity index (χ0) is 31.7. The monoisotopic (exact) mass is 615 g/mol. The van der Waals surface area contributed by atoms with Gasteiger partial charge in [-0.15, -0.1) is 0 Å². The van der Waals surface area contributed by atoms with Crippen LogP contribution in [0.2, 0.25) is 0 Å². The number of methoxy groups -OCH3 is 1. The minimum atomic E-state index is -0.994. The van der Waals surface area contributed by atoms with Crippen molar-refractivity contribution >= 4 is 46.5 Å². The summed E-state index contributed by atoms with van der Waals surface area (Å²) in [5.41, 5.74) is 2.72. The summed E-state index contributed by atoms with van der Waals surface area (Å²) in [5.74, 6) is -0.691. The number of thioether (sulfide) groups is 1. The van der Waals surface area contributed by atoms with Gasteiger partial charge in [0.2, 0.25) is 11.8 Å². The molecule has 4 amide bonds. The highest BCUT2D eigenvalue weighted by Crippen LogP contribution is 2.24. The molecule has 0 unspecified atom stereocenters. The van der Waals surface area contributed by atoms with E-state index in [0.717, 1.165) is 41.4 Å². The number of nitrogens with zero attached hydrogens (tertiary/aromatic N) is 1. The van der Waals surface area contributed by atoms with Gasteiger partial charge in [0.1, 0.15) is 18.1 Å². The molecule has 1 aromatic heterocycles. The van der Waals surface area contributed by atoms with Crippen molar-refractivity contribution in [1.29, 1.82) is 0 Å². The molecule has 1 aliphatic rings. The Kier molecular flexibility index (Phi) is 12.8. The van der Waals surface area contributed by atoms with E-state index >= 15 is 0 Å². The number of likely N-dealkylation sites (tertiary alicyclic amines) is 1. The number of nitrogens with one attached hydrogen (secondary N) is 4. The molecule has 0 bridgehead atoms. The predicted molar refractivity (Wildman–Crippen MR) is 172 cm³/mol. The fraction of sp³-hybridized carbons (Fsp3) is 0.625. The quantitative estimate of drug-likeness (QED) is 0.249. The molecule has 3 rings (SSSR count). The van der Waals surface area contributed by atoms with Crippen molar-refractivity contribution in [2.75, 3.05) is 19.1 Å². The predicted octanol–water partition coefficient (Wildman–Crippen LogP) is 4.30. The molecule has 4 N–H and O–H groups in total. The van der Waals surface area contributed by atoms with E-state index in [1.807, 2.05) is 70.0 Å². The Morgan fingerprint density at radius 2 is 1.63 bits per heavy atom. The van der Waals surface area contributed by atoms with E-state index in [1.165, 1.54) is 7.11 Å². The zero-order valence-corrected chi connectivity index (χ0v) is 27.4. The van der Waals surface area contributed by atoms with Crippen LogP contribution in [0.5, 0.6) is 0 Å². The molecule has 2 aromatic rings. The second-order valence-electron chi connectivity index (χ2n) is 12.1. The number of urea groups is 1. The van der Waals surface area contributed by atoms with E-state index in [-0.39, 0.29) is 30.5 Å². The zero-order valence-electron chi connectivity index (χ0n) is 26.6. The van der Waals surface area contributed by atoms with Crippen LogP contribution in [0, 0.1) is 12.8 Å². The van der Waals surface area contributed by atoms with Crippen LogP contribution < -0.4 is 16.0 Å². The van der Waals surface area contributed by atoms with Crippen molar-refractivity contribution in [3.63, 3.8) is 0 Å². The molecule has 0 radical (unpaired) electrons. The van der Waals surface area contributed by atoms with Gasteiger partial charge in [0.05, 0.1) is 7.11 Å². The molecule has 0 spiro atoms. The number of benzene rings is 1. The Hall–Kier alpha value is -3.21. The lowest BCUT2D eigenvalue weighted by Gasteiger charge is -2.39. The second kappa shape index (κ2) is 16.0. The molecule has 5 atom stereocenters. The highest BCUT2D eigenvalue weighted by atomic mass is 32.2. The number of para-hydroxylation sites is 1. The van der Waals surface area contributed by atoms with E-state index in [4.69, 9.17) is 4.74 Å². The van der Waals surface area contributed by atoms with Crippen molar-refractivity contribution in [2.24, 2.45) is 5.92 Å². The smallest absolute Gasteiger partial charge is 0.328 e. The third-order valence-corrected chi connectivity index (χ3v) is 8.87. The maximum absolute atomic E-state index is 13.9. The second-order valence-corrected chi connectivity index (χ2v) is 13.1. The van der Waals surface area contributed by atoms with Crippen LogP contribution in [0.15, 0.2) is 24.3 Å². The van der Waals surface area contributed by atoms with Gasteiger partial charge in [0.25, 0.3) is 0 Å². The van der Waals surface area contributed by atoms with Gasteiger partial charge in [-0.05, 0) is 82.4 Å². The highest BCUT2D eigenvalue weighted by molar-refractivity contribution is 7.98. The Balaban J connectivity index is 1.89. The lowest BCUT2D eigenvalue weighted by Crippen LogP contribution is -2.59. The molecular weight excluding hydrogens is 566 g/mol. The molecule has 10 nitrogen and oxygen atoms in total. The molecule has 1 fully saturated rings. The van der Waals surface area contributed by atoms with Gasteiger partial charge in [0.15, 0.2) is 0 Å². The van der Waals surface area contributed by atoms with Gasteiger partial charge in [-0.3, -0.25) is 9.59 Å². The van der Waals surface area contributed by atoms with Crippen molar-refractivity contribution in [3.8, 4) is 0 Å². The number of carbonyl (C=O) groups is 4. The number of carbonyl (C=O) groups excluding carboxylic acids is 4. The summed E-state index contributed by atoms with van der Waals surface area (Å²) < 4.78 is 4.95. The molecule has 1 aliphatic heterocycles. The van der Waals surface area contributed by atoms with Crippen LogP contribution in [0.4, 0.5) is 4.79 Å². The summed E-state index contributed by atoms with van der Waals surface area (Å²) in [6.07, 6.45) is 5.83. The standard InChI is InChI=1S/C32H49N5O5S/c1-19(2)17-27(36-32(41)37-20(3)11-10-12-21(37)4)29(38)35-28(30(39)34-26(15-16-43-7)31(40)42-6)18-24-22(5)33-25-14-9-8-13-23(24)25/h8-9,13-14,19-21,26-28,33H,10-12,15-18H2,1-7H3,(H,34,39)(H,35,38)(H,36,41)/t20-,21+,26-,27+,28-/m1/s1. The summed E-state index contributed by atoms with van der Waals surface area (Å²) in [5, 5.41) is 9.71. The number of aromatic nitrogens is 1. The number of ether oxygens (including phenoxy) is 1.